The fourth-order valence-corrected chi connectivity index (χ4v) is 1.09. The van der Waals surface area contributed by atoms with Gasteiger partial charge in [0.1, 0.15) is 0 Å². The van der Waals surface area contributed by atoms with E-state index >= 15 is 0 Å². The van der Waals surface area contributed by atoms with Crippen LogP contribution in [-0.4, -0.2) is 16.6 Å². The molecule has 0 unspecified atom stereocenters. The molecule has 0 N–H and O–H groups in total. The summed E-state index contributed by atoms with van der Waals surface area (Å²) in [5.74, 6) is 0.0370. The maximum absolute atomic E-state index is 9.69. The van der Waals surface area contributed by atoms with Crippen molar-refractivity contribution in [1.82, 2.24) is 4.98 Å². The Morgan fingerprint density at radius 2 is 1.04 bits per heavy atom. The van der Waals surface area contributed by atoms with Gasteiger partial charge in [0.15, 0.2) is 11.6 Å². The molecule has 1 aromatic heterocycles. The van der Waals surface area contributed by atoms with Gasteiger partial charge in [-0.3, -0.25) is 14.6 Å². The van der Waals surface area contributed by atoms with E-state index in [1.165, 1.54) is 31.6 Å². The summed E-state index contributed by atoms with van der Waals surface area (Å²) in [5, 5.41) is 0. The third kappa shape index (κ3) is 24.9. The summed E-state index contributed by atoms with van der Waals surface area (Å²) in [5.41, 5.74) is 2.28. The Morgan fingerprint density at radius 3 is 1.25 bits per heavy atom. The second kappa shape index (κ2) is 23.7. The highest BCUT2D eigenvalue weighted by Crippen LogP contribution is 1.97. The van der Waals surface area contributed by atoms with E-state index in [9.17, 15) is 9.59 Å². The Kier molecular flexibility index (Phi) is 27.3. The van der Waals surface area contributed by atoms with Crippen LogP contribution in [0.4, 0.5) is 0 Å². The van der Waals surface area contributed by atoms with Crippen LogP contribution in [0.2, 0.25) is 0 Å². The first kappa shape index (κ1) is 32.4. The second-order valence-corrected chi connectivity index (χ2v) is 4.73. The molecular formula is C25H35NO2. The van der Waals surface area contributed by atoms with E-state index in [1.807, 2.05) is 48.5 Å². The fraction of sp³-hybridized carbons (Fsp3) is 0.160. The first-order chi connectivity index (χ1) is 12.4. The summed E-state index contributed by atoms with van der Waals surface area (Å²) in [7, 11) is 0. The SMILES string of the molecule is C.C.C=CC(C)=O.C=CC(C)=O.C=Cc1ccccc1.C=Cc1ccncc1. The molecule has 0 spiro atoms. The van der Waals surface area contributed by atoms with Gasteiger partial charge < -0.3 is 0 Å². The van der Waals surface area contributed by atoms with Gasteiger partial charge in [-0.25, -0.2) is 0 Å². The summed E-state index contributed by atoms with van der Waals surface area (Å²) in [6, 6.07) is 13.8. The molecule has 0 aliphatic carbocycles. The number of hydrogen-bond donors (Lipinski definition) is 0. The van der Waals surface area contributed by atoms with Crippen molar-refractivity contribution >= 4 is 23.7 Å². The molecule has 0 bridgehead atoms. The van der Waals surface area contributed by atoms with Gasteiger partial charge in [0.05, 0.1) is 0 Å². The number of benzene rings is 1. The Balaban J connectivity index is -0.000000138. The molecular weight excluding hydrogens is 346 g/mol. The standard InChI is InChI=1S/C8H8.C7H7N.2C4H6O.2CH4/c1-2-8-6-4-3-5-7-8;1-2-7-3-5-8-6-4-7;2*1-3-4(2)5;;/h2-7H,1H2;2-6H,1H2;2*3H,1H2,2H3;2*1H4. The van der Waals surface area contributed by atoms with Gasteiger partial charge in [-0.05, 0) is 49.3 Å². The van der Waals surface area contributed by atoms with E-state index < -0.39 is 0 Å². The van der Waals surface area contributed by atoms with E-state index in [2.05, 4.69) is 31.3 Å². The lowest BCUT2D eigenvalue weighted by Gasteiger charge is -1.85. The fourth-order valence-electron chi connectivity index (χ4n) is 1.09. The highest BCUT2D eigenvalue weighted by Gasteiger charge is 1.77. The molecule has 28 heavy (non-hydrogen) atoms. The quantitative estimate of drug-likeness (QED) is 0.544. The van der Waals surface area contributed by atoms with E-state index in [0.29, 0.717) is 0 Å². The van der Waals surface area contributed by atoms with Crippen LogP contribution in [-0.2, 0) is 9.59 Å². The van der Waals surface area contributed by atoms with Crippen LogP contribution in [0.1, 0.15) is 39.8 Å². The maximum Gasteiger partial charge on any atom is 0.152 e. The van der Waals surface area contributed by atoms with Crippen molar-refractivity contribution in [2.24, 2.45) is 0 Å². The summed E-state index contributed by atoms with van der Waals surface area (Å²) in [4.78, 5) is 23.2. The molecule has 0 aliphatic heterocycles. The Morgan fingerprint density at radius 1 is 0.714 bits per heavy atom. The predicted octanol–water partition coefficient (Wildman–Crippen LogP) is 6.85. The highest BCUT2D eigenvalue weighted by atomic mass is 16.1. The van der Waals surface area contributed by atoms with Gasteiger partial charge in [-0.1, -0.05) is 83.7 Å². The zero-order valence-corrected chi connectivity index (χ0v) is 15.6. The predicted molar refractivity (Wildman–Crippen MR) is 126 cm³/mol. The van der Waals surface area contributed by atoms with Crippen LogP contribution < -0.4 is 0 Å². The minimum Gasteiger partial charge on any atom is -0.295 e. The van der Waals surface area contributed by atoms with E-state index in [1.54, 1.807) is 18.5 Å². The lowest BCUT2D eigenvalue weighted by Crippen LogP contribution is -1.74. The molecule has 0 saturated carbocycles. The van der Waals surface area contributed by atoms with Crippen molar-refractivity contribution in [3.63, 3.8) is 0 Å². The maximum atomic E-state index is 9.69. The minimum atomic E-state index is 0. The number of nitrogens with zero attached hydrogens (tertiary/aromatic N) is 1. The number of aromatic nitrogens is 1. The zero-order chi connectivity index (χ0) is 20.2. The van der Waals surface area contributed by atoms with Crippen LogP contribution in [0.25, 0.3) is 12.2 Å². The Labute approximate surface area is 171 Å². The van der Waals surface area contributed by atoms with Crippen molar-refractivity contribution in [2.45, 2.75) is 28.7 Å². The topological polar surface area (TPSA) is 47.0 Å². The van der Waals surface area contributed by atoms with Crippen LogP contribution in [0.15, 0.2) is 93.3 Å². The number of carbonyl (C=O) groups is 2. The number of rotatable bonds is 4. The van der Waals surface area contributed by atoms with Gasteiger partial charge in [-0.2, -0.15) is 0 Å². The first-order valence-electron chi connectivity index (χ1n) is 7.87. The number of hydrogen-bond acceptors (Lipinski definition) is 3. The molecule has 0 saturated heterocycles. The molecule has 1 heterocycles. The second-order valence-electron chi connectivity index (χ2n) is 4.73. The van der Waals surface area contributed by atoms with Crippen molar-refractivity contribution in [1.29, 1.82) is 0 Å². The Hall–Kier alpha value is -3.33. The largest absolute Gasteiger partial charge is 0.295 e. The molecule has 3 heteroatoms. The lowest BCUT2D eigenvalue weighted by atomic mass is 10.2. The third-order valence-corrected chi connectivity index (χ3v) is 2.55. The zero-order valence-electron chi connectivity index (χ0n) is 15.6. The average molecular weight is 382 g/mol. The van der Waals surface area contributed by atoms with Crippen LogP contribution in [0, 0.1) is 0 Å². The van der Waals surface area contributed by atoms with Gasteiger partial charge in [0, 0.05) is 12.4 Å². The summed E-state index contributed by atoms with van der Waals surface area (Å²) in [6.45, 7) is 16.6. The van der Waals surface area contributed by atoms with Crippen molar-refractivity contribution in [3.05, 3.63) is 104 Å². The van der Waals surface area contributed by atoms with E-state index in [4.69, 9.17) is 0 Å². The van der Waals surface area contributed by atoms with Gasteiger partial charge in [-0.15, -0.1) is 0 Å². The minimum absolute atomic E-state index is 0. The number of allylic oxidation sites excluding steroid dienone is 2. The van der Waals surface area contributed by atoms with Crippen LogP contribution in [0.5, 0.6) is 0 Å². The van der Waals surface area contributed by atoms with Gasteiger partial charge in [0.25, 0.3) is 0 Å². The smallest absolute Gasteiger partial charge is 0.152 e. The first-order valence-corrected chi connectivity index (χ1v) is 7.87. The lowest BCUT2D eigenvalue weighted by molar-refractivity contribution is -0.113. The van der Waals surface area contributed by atoms with E-state index in [-0.39, 0.29) is 26.4 Å². The molecule has 0 aliphatic rings. The molecule has 0 amide bonds. The number of pyridine rings is 1. The van der Waals surface area contributed by atoms with Crippen LogP contribution >= 0.6 is 0 Å². The number of ketones is 2. The average Bonchev–Trinajstić information content (AvgIpc) is 2.70. The number of carbonyl (C=O) groups excluding carboxylic acids is 2. The van der Waals surface area contributed by atoms with Crippen molar-refractivity contribution in [2.75, 3.05) is 0 Å². The van der Waals surface area contributed by atoms with Gasteiger partial charge >= 0.3 is 0 Å². The Bertz CT molecular complexity index is 613. The summed E-state index contributed by atoms with van der Waals surface area (Å²) >= 11 is 0. The molecule has 1 aromatic carbocycles. The van der Waals surface area contributed by atoms with Crippen LogP contribution in [0.3, 0.4) is 0 Å². The van der Waals surface area contributed by atoms with Gasteiger partial charge in [0.2, 0.25) is 0 Å². The summed E-state index contributed by atoms with van der Waals surface area (Å²) in [6.07, 6.45) is 9.68. The molecule has 152 valence electrons. The normalized spacial score (nSPS) is 7.21. The van der Waals surface area contributed by atoms with Crippen molar-refractivity contribution in [3.8, 4) is 0 Å². The van der Waals surface area contributed by atoms with Crippen molar-refractivity contribution < 1.29 is 9.59 Å². The molecule has 0 radical (unpaired) electrons. The molecule has 2 rings (SSSR count). The molecule has 0 fully saturated rings. The monoisotopic (exact) mass is 381 g/mol. The summed E-state index contributed by atoms with van der Waals surface area (Å²) < 4.78 is 0. The molecule has 0 atom stereocenters. The highest BCUT2D eigenvalue weighted by molar-refractivity contribution is 5.86. The van der Waals surface area contributed by atoms with E-state index in [0.717, 1.165) is 5.56 Å². The molecule has 3 nitrogen and oxygen atoms in total. The molecule has 2 aromatic rings. The third-order valence-electron chi connectivity index (χ3n) is 2.55.